The molecule has 0 atom stereocenters. The van der Waals surface area contributed by atoms with Crippen LogP contribution in [-0.4, -0.2) is 43.6 Å². The number of guanidine groups is 1. The van der Waals surface area contributed by atoms with Crippen LogP contribution in [-0.2, 0) is 12.7 Å². The molecule has 0 aliphatic rings. The Hall–Kier alpha value is -1.10. The molecule has 0 saturated heterocycles. The van der Waals surface area contributed by atoms with Crippen LogP contribution in [0.1, 0.15) is 31.9 Å². The standard InChI is InChI=1S/C17H26F4N4.HI/c1-6-22-15(24-11-16(2,3)25(4)5)23-10-12-7-8-13(18)9-14(12)17(19,20)21;/h7-9H,6,10-11H2,1-5H3,(H2,22,23,24);1H. The Kier molecular flexibility index (Phi) is 9.85. The Balaban J connectivity index is 0.00000625. The Morgan fingerprint density at radius 2 is 1.77 bits per heavy atom. The summed E-state index contributed by atoms with van der Waals surface area (Å²) < 4.78 is 52.3. The van der Waals surface area contributed by atoms with E-state index >= 15 is 0 Å². The second kappa shape index (κ2) is 10.3. The normalized spacial score (nSPS) is 12.8. The van der Waals surface area contributed by atoms with Crippen molar-refractivity contribution in [1.82, 2.24) is 15.5 Å². The van der Waals surface area contributed by atoms with E-state index in [9.17, 15) is 17.6 Å². The molecule has 1 aromatic rings. The van der Waals surface area contributed by atoms with E-state index in [1.807, 2.05) is 39.8 Å². The molecule has 0 amide bonds. The van der Waals surface area contributed by atoms with Gasteiger partial charge in [0.05, 0.1) is 12.1 Å². The van der Waals surface area contributed by atoms with Crippen LogP contribution in [0.3, 0.4) is 0 Å². The largest absolute Gasteiger partial charge is 0.416 e. The Labute approximate surface area is 169 Å². The molecular weight excluding hydrogens is 463 g/mol. The number of hydrogen-bond donors (Lipinski definition) is 2. The first-order valence-corrected chi connectivity index (χ1v) is 8.02. The van der Waals surface area contributed by atoms with Crippen molar-refractivity contribution in [2.45, 2.75) is 39.0 Å². The van der Waals surface area contributed by atoms with Crippen molar-refractivity contribution in [1.29, 1.82) is 0 Å². The molecule has 0 aromatic heterocycles. The molecule has 2 N–H and O–H groups in total. The second-order valence-corrected chi connectivity index (χ2v) is 6.55. The molecule has 0 radical (unpaired) electrons. The molecule has 150 valence electrons. The van der Waals surface area contributed by atoms with Crippen molar-refractivity contribution in [3.63, 3.8) is 0 Å². The van der Waals surface area contributed by atoms with E-state index in [1.165, 1.54) is 0 Å². The molecule has 0 aliphatic carbocycles. The van der Waals surface area contributed by atoms with E-state index in [2.05, 4.69) is 15.6 Å². The SMILES string of the molecule is CCNC(=NCc1ccc(F)cc1C(F)(F)F)NCC(C)(C)N(C)C.I. The van der Waals surface area contributed by atoms with Crippen LogP contribution in [0.2, 0.25) is 0 Å². The van der Waals surface area contributed by atoms with Gasteiger partial charge in [-0.15, -0.1) is 24.0 Å². The molecule has 9 heteroatoms. The molecule has 0 spiro atoms. The number of halogens is 5. The summed E-state index contributed by atoms with van der Waals surface area (Å²) in [7, 11) is 3.89. The topological polar surface area (TPSA) is 39.7 Å². The summed E-state index contributed by atoms with van der Waals surface area (Å²) in [6, 6.07) is 2.63. The molecular formula is C17H27F4IN4. The number of nitrogens with zero attached hydrogens (tertiary/aromatic N) is 2. The molecule has 1 aromatic carbocycles. The van der Waals surface area contributed by atoms with Crippen LogP contribution in [0.15, 0.2) is 23.2 Å². The van der Waals surface area contributed by atoms with E-state index in [-0.39, 0.29) is 41.6 Å². The number of benzene rings is 1. The van der Waals surface area contributed by atoms with Crippen LogP contribution in [0.5, 0.6) is 0 Å². The van der Waals surface area contributed by atoms with Gasteiger partial charge in [0.1, 0.15) is 5.82 Å². The zero-order valence-electron chi connectivity index (χ0n) is 15.7. The first kappa shape index (κ1) is 24.9. The number of aliphatic imine (C=N–C) groups is 1. The number of alkyl halides is 3. The number of nitrogens with one attached hydrogen (secondary N) is 2. The van der Waals surface area contributed by atoms with E-state index < -0.39 is 17.6 Å². The third kappa shape index (κ3) is 7.65. The number of rotatable bonds is 6. The highest BCUT2D eigenvalue weighted by Crippen LogP contribution is 2.32. The molecule has 0 unspecified atom stereocenters. The van der Waals surface area contributed by atoms with Gasteiger partial charge < -0.3 is 15.5 Å². The van der Waals surface area contributed by atoms with Gasteiger partial charge >= 0.3 is 6.18 Å². The fourth-order valence-electron chi connectivity index (χ4n) is 1.91. The lowest BCUT2D eigenvalue weighted by atomic mass is 10.0. The van der Waals surface area contributed by atoms with E-state index in [0.717, 1.165) is 12.1 Å². The number of hydrogen-bond acceptors (Lipinski definition) is 2. The lowest BCUT2D eigenvalue weighted by Crippen LogP contribution is -2.50. The summed E-state index contributed by atoms with van der Waals surface area (Å²) >= 11 is 0. The summed E-state index contributed by atoms with van der Waals surface area (Å²) in [5.74, 6) is -0.507. The summed E-state index contributed by atoms with van der Waals surface area (Å²) in [5.41, 5.74) is -1.23. The van der Waals surface area contributed by atoms with Gasteiger partial charge in [0, 0.05) is 18.6 Å². The molecule has 0 aliphatic heterocycles. The fraction of sp³-hybridized carbons (Fsp3) is 0.588. The van der Waals surface area contributed by atoms with Crippen LogP contribution >= 0.6 is 24.0 Å². The van der Waals surface area contributed by atoms with Crippen molar-refractivity contribution in [2.75, 3.05) is 27.2 Å². The van der Waals surface area contributed by atoms with Gasteiger partial charge in [-0.1, -0.05) is 6.07 Å². The Bertz CT molecular complexity index is 601. The van der Waals surface area contributed by atoms with Gasteiger partial charge in [0.2, 0.25) is 0 Å². The van der Waals surface area contributed by atoms with Crippen molar-refractivity contribution < 1.29 is 17.6 Å². The van der Waals surface area contributed by atoms with E-state index in [4.69, 9.17) is 0 Å². The minimum atomic E-state index is -4.62. The third-order valence-electron chi connectivity index (χ3n) is 4.03. The van der Waals surface area contributed by atoms with E-state index in [0.29, 0.717) is 25.1 Å². The Morgan fingerprint density at radius 1 is 1.15 bits per heavy atom. The molecule has 26 heavy (non-hydrogen) atoms. The van der Waals surface area contributed by atoms with Gasteiger partial charge in [-0.25, -0.2) is 9.38 Å². The van der Waals surface area contributed by atoms with Gasteiger partial charge in [0.25, 0.3) is 0 Å². The maximum absolute atomic E-state index is 13.2. The first-order valence-electron chi connectivity index (χ1n) is 8.02. The quantitative estimate of drug-likeness (QED) is 0.276. The number of likely N-dealkylation sites (N-methyl/N-ethyl adjacent to an activating group) is 1. The summed E-state index contributed by atoms with van der Waals surface area (Å²) in [6.45, 7) is 6.86. The molecule has 0 bridgehead atoms. The summed E-state index contributed by atoms with van der Waals surface area (Å²) in [5, 5.41) is 6.12. The summed E-state index contributed by atoms with van der Waals surface area (Å²) in [4.78, 5) is 6.24. The van der Waals surface area contributed by atoms with Gasteiger partial charge in [0.15, 0.2) is 5.96 Å². The van der Waals surface area contributed by atoms with Crippen LogP contribution in [0.4, 0.5) is 17.6 Å². The van der Waals surface area contributed by atoms with Crippen LogP contribution in [0.25, 0.3) is 0 Å². The molecule has 4 nitrogen and oxygen atoms in total. The minimum absolute atomic E-state index is 0. The minimum Gasteiger partial charge on any atom is -0.357 e. The van der Waals surface area contributed by atoms with Crippen molar-refractivity contribution in [3.8, 4) is 0 Å². The van der Waals surface area contributed by atoms with Crippen LogP contribution < -0.4 is 10.6 Å². The molecule has 0 heterocycles. The third-order valence-corrected chi connectivity index (χ3v) is 4.03. The van der Waals surface area contributed by atoms with Crippen molar-refractivity contribution >= 4 is 29.9 Å². The highest BCUT2D eigenvalue weighted by Gasteiger charge is 2.33. The highest BCUT2D eigenvalue weighted by molar-refractivity contribution is 14.0. The predicted molar refractivity (Wildman–Crippen MR) is 107 cm³/mol. The van der Waals surface area contributed by atoms with Gasteiger partial charge in [-0.05, 0) is 52.6 Å². The van der Waals surface area contributed by atoms with Crippen molar-refractivity contribution in [2.24, 2.45) is 4.99 Å². The Morgan fingerprint density at radius 3 is 2.27 bits per heavy atom. The lowest BCUT2D eigenvalue weighted by Gasteiger charge is -2.33. The average Bonchev–Trinajstić information content (AvgIpc) is 2.50. The predicted octanol–water partition coefficient (Wildman–Crippen LogP) is 3.86. The second-order valence-electron chi connectivity index (χ2n) is 6.55. The zero-order valence-corrected chi connectivity index (χ0v) is 18.0. The molecule has 0 saturated carbocycles. The summed E-state index contributed by atoms with van der Waals surface area (Å²) in [6.07, 6.45) is -4.62. The lowest BCUT2D eigenvalue weighted by molar-refractivity contribution is -0.138. The molecule has 1 rings (SSSR count). The smallest absolute Gasteiger partial charge is 0.357 e. The fourth-order valence-corrected chi connectivity index (χ4v) is 1.91. The van der Waals surface area contributed by atoms with Gasteiger partial charge in [-0.3, -0.25) is 0 Å². The van der Waals surface area contributed by atoms with Crippen LogP contribution in [0, 0.1) is 5.82 Å². The first-order chi connectivity index (χ1) is 11.5. The maximum Gasteiger partial charge on any atom is 0.416 e. The average molecular weight is 490 g/mol. The van der Waals surface area contributed by atoms with Crippen molar-refractivity contribution in [3.05, 3.63) is 35.1 Å². The highest BCUT2D eigenvalue weighted by atomic mass is 127. The molecule has 0 fully saturated rings. The maximum atomic E-state index is 13.2. The monoisotopic (exact) mass is 490 g/mol. The van der Waals surface area contributed by atoms with E-state index in [1.54, 1.807) is 0 Å². The van der Waals surface area contributed by atoms with Gasteiger partial charge in [-0.2, -0.15) is 13.2 Å². The zero-order chi connectivity index (χ0) is 19.3.